The summed E-state index contributed by atoms with van der Waals surface area (Å²) >= 11 is 6.08. The lowest BCUT2D eigenvalue weighted by molar-refractivity contribution is 0.0190. The molecule has 3 aromatic rings. The van der Waals surface area contributed by atoms with E-state index in [1.54, 1.807) is 23.3 Å². The molecule has 24 heavy (non-hydrogen) atoms. The van der Waals surface area contributed by atoms with Crippen LogP contribution < -0.4 is 0 Å². The van der Waals surface area contributed by atoms with E-state index < -0.39 is 6.10 Å². The zero-order chi connectivity index (χ0) is 16.8. The fourth-order valence-corrected chi connectivity index (χ4v) is 2.61. The normalized spacial score (nSPS) is 12.2. The second-order valence-corrected chi connectivity index (χ2v) is 5.80. The van der Waals surface area contributed by atoms with E-state index in [1.807, 2.05) is 42.5 Å². The minimum absolute atomic E-state index is 0.209. The Hall–Kier alpha value is -2.21. The van der Waals surface area contributed by atoms with E-state index in [0.29, 0.717) is 18.2 Å². The average molecular weight is 344 g/mol. The van der Waals surface area contributed by atoms with E-state index in [2.05, 4.69) is 10.1 Å². The van der Waals surface area contributed by atoms with E-state index in [4.69, 9.17) is 16.3 Å². The zero-order valence-electron chi connectivity index (χ0n) is 13.0. The summed E-state index contributed by atoms with van der Waals surface area (Å²) in [5.41, 5.74) is 2.84. The smallest absolute Gasteiger partial charge is 0.0969 e. The lowest BCUT2D eigenvalue weighted by atomic mass is 10.2. The number of benzene rings is 1. The number of aromatic nitrogens is 3. The Morgan fingerprint density at radius 1 is 1.08 bits per heavy atom. The summed E-state index contributed by atoms with van der Waals surface area (Å²) in [6.07, 6.45) is 4.52. The van der Waals surface area contributed by atoms with Crippen LogP contribution in [0.1, 0.15) is 5.56 Å². The van der Waals surface area contributed by atoms with Crippen LogP contribution in [0.25, 0.3) is 11.3 Å². The van der Waals surface area contributed by atoms with Gasteiger partial charge in [0, 0.05) is 29.2 Å². The lowest BCUT2D eigenvalue weighted by Crippen LogP contribution is -2.23. The number of nitrogens with zero attached hydrogens (tertiary/aromatic N) is 3. The van der Waals surface area contributed by atoms with Crippen LogP contribution in [-0.4, -0.2) is 32.6 Å². The molecule has 3 rings (SSSR count). The van der Waals surface area contributed by atoms with Crippen LogP contribution in [0.3, 0.4) is 0 Å². The highest BCUT2D eigenvalue weighted by atomic mass is 35.5. The van der Waals surface area contributed by atoms with Gasteiger partial charge in [-0.1, -0.05) is 29.8 Å². The first-order valence-electron chi connectivity index (χ1n) is 7.65. The van der Waals surface area contributed by atoms with Crippen LogP contribution in [-0.2, 0) is 17.9 Å². The van der Waals surface area contributed by atoms with Crippen LogP contribution in [0.4, 0.5) is 0 Å². The van der Waals surface area contributed by atoms with Gasteiger partial charge in [-0.05, 0) is 29.8 Å². The molecule has 0 radical (unpaired) electrons. The van der Waals surface area contributed by atoms with Crippen LogP contribution in [0.2, 0.25) is 5.02 Å². The minimum Gasteiger partial charge on any atom is -0.389 e. The molecule has 0 aliphatic carbocycles. The van der Waals surface area contributed by atoms with Crippen molar-refractivity contribution in [1.29, 1.82) is 0 Å². The van der Waals surface area contributed by atoms with Crippen molar-refractivity contribution in [2.45, 2.75) is 19.3 Å². The van der Waals surface area contributed by atoms with Crippen molar-refractivity contribution in [1.82, 2.24) is 14.8 Å². The first kappa shape index (κ1) is 16.6. The van der Waals surface area contributed by atoms with Gasteiger partial charge in [-0.25, -0.2) is 0 Å². The summed E-state index contributed by atoms with van der Waals surface area (Å²) in [4.78, 5) is 4.01. The second-order valence-electron chi connectivity index (χ2n) is 5.39. The quantitative estimate of drug-likeness (QED) is 0.715. The van der Waals surface area contributed by atoms with Gasteiger partial charge in [0.1, 0.15) is 0 Å². The Morgan fingerprint density at radius 2 is 1.88 bits per heavy atom. The highest BCUT2D eigenvalue weighted by Gasteiger charge is 2.11. The van der Waals surface area contributed by atoms with Crippen molar-refractivity contribution in [2.24, 2.45) is 0 Å². The third-order valence-corrected chi connectivity index (χ3v) is 3.97. The number of hydrogen-bond acceptors (Lipinski definition) is 4. The van der Waals surface area contributed by atoms with Crippen LogP contribution in [0.15, 0.2) is 61.1 Å². The highest BCUT2D eigenvalue weighted by Crippen LogP contribution is 2.18. The maximum absolute atomic E-state index is 10.2. The second kappa shape index (κ2) is 8.06. The highest BCUT2D eigenvalue weighted by molar-refractivity contribution is 6.31. The molecule has 1 aromatic carbocycles. The molecular weight excluding hydrogens is 326 g/mol. The molecule has 0 aliphatic heterocycles. The lowest BCUT2D eigenvalue weighted by Gasteiger charge is -2.14. The molecule has 0 spiro atoms. The molecule has 6 heteroatoms. The number of hydrogen-bond donors (Lipinski definition) is 1. The van der Waals surface area contributed by atoms with Gasteiger partial charge in [-0.3, -0.25) is 9.67 Å². The molecule has 2 aromatic heterocycles. The van der Waals surface area contributed by atoms with Crippen molar-refractivity contribution in [3.63, 3.8) is 0 Å². The van der Waals surface area contributed by atoms with Gasteiger partial charge in [0.25, 0.3) is 0 Å². The molecule has 1 N–H and O–H groups in total. The van der Waals surface area contributed by atoms with Crippen LogP contribution in [0.5, 0.6) is 0 Å². The summed E-state index contributed by atoms with van der Waals surface area (Å²) < 4.78 is 7.33. The first-order chi connectivity index (χ1) is 11.7. The van der Waals surface area contributed by atoms with Crippen molar-refractivity contribution in [3.8, 4) is 11.3 Å². The van der Waals surface area contributed by atoms with E-state index in [-0.39, 0.29) is 6.61 Å². The van der Waals surface area contributed by atoms with E-state index >= 15 is 0 Å². The van der Waals surface area contributed by atoms with Gasteiger partial charge < -0.3 is 9.84 Å². The summed E-state index contributed by atoms with van der Waals surface area (Å²) in [7, 11) is 0. The van der Waals surface area contributed by atoms with Crippen LogP contribution in [0, 0.1) is 0 Å². The summed E-state index contributed by atoms with van der Waals surface area (Å²) in [5.74, 6) is 0. The number of aliphatic hydroxyl groups excluding tert-OH is 1. The number of aliphatic hydroxyl groups is 1. The predicted octanol–water partition coefficient (Wildman–Crippen LogP) is 3.18. The van der Waals surface area contributed by atoms with Gasteiger partial charge in [-0.15, -0.1) is 0 Å². The van der Waals surface area contributed by atoms with Gasteiger partial charge >= 0.3 is 0 Å². The average Bonchev–Trinajstić information content (AvgIpc) is 3.05. The van der Waals surface area contributed by atoms with E-state index in [1.165, 1.54) is 0 Å². The molecule has 0 saturated carbocycles. The summed E-state index contributed by atoms with van der Waals surface area (Å²) in [6.45, 7) is 0.932. The van der Waals surface area contributed by atoms with Crippen molar-refractivity contribution < 1.29 is 9.84 Å². The van der Waals surface area contributed by atoms with Crippen molar-refractivity contribution in [3.05, 3.63) is 71.6 Å². The Morgan fingerprint density at radius 3 is 2.67 bits per heavy atom. The predicted molar refractivity (Wildman–Crippen MR) is 92.6 cm³/mol. The van der Waals surface area contributed by atoms with Gasteiger partial charge in [0.2, 0.25) is 0 Å². The molecule has 2 heterocycles. The van der Waals surface area contributed by atoms with Crippen LogP contribution >= 0.6 is 11.6 Å². The van der Waals surface area contributed by atoms with Crippen molar-refractivity contribution in [2.75, 3.05) is 6.61 Å². The molecular formula is C18H18ClN3O2. The van der Waals surface area contributed by atoms with Gasteiger partial charge in [0.05, 0.1) is 31.6 Å². The molecule has 5 nitrogen and oxygen atoms in total. The van der Waals surface area contributed by atoms with E-state index in [0.717, 1.165) is 16.8 Å². The van der Waals surface area contributed by atoms with Crippen molar-refractivity contribution >= 4 is 11.6 Å². The number of halogens is 1. The fraction of sp³-hybridized carbons (Fsp3) is 0.222. The third kappa shape index (κ3) is 4.20. The molecule has 124 valence electrons. The molecule has 0 aliphatic rings. The number of rotatable bonds is 7. The monoisotopic (exact) mass is 343 g/mol. The molecule has 0 amide bonds. The maximum atomic E-state index is 10.2. The summed E-state index contributed by atoms with van der Waals surface area (Å²) in [5, 5.41) is 15.1. The molecule has 1 atom stereocenters. The Bertz CT molecular complexity index is 777. The zero-order valence-corrected chi connectivity index (χ0v) is 13.8. The standard InChI is InChI=1S/C18H18ClN3O2/c19-17-4-2-1-3-15(17)12-24-13-16(23)11-22-18(7-10-21-22)14-5-8-20-9-6-14/h1-10,16,23H,11-13H2. The Balaban J connectivity index is 1.55. The summed E-state index contributed by atoms with van der Waals surface area (Å²) in [6, 6.07) is 13.2. The molecule has 0 fully saturated rings. The largest absolute Gasteiger partial charge is 0.389 e. The molecule has 0 bridgehead atoms. The van der Waals surface area contributed by atoms with E-state index in [9.17, 15) is 5.11 Å². The van der Waals surface area contributed by atoms with Gasteiger partial charge in [0.15, 0.2) is 0 Å². The molecule has 0 saturated heterocycles. The molecule has 1 unspecified atom stereocenters. The first-order valence-corrected chi connectivity index (χ1v) is 8.03. The number of pyridine rings is 1. The third-order valence-electron chi connectivity index (χ3n) is 3.60. The number of ether oxygens (including phenoxy) is 1. The van der Waals surface area contributed by atoms with Gasteiger partial charge in [-0.2, -0.15) is 5.10 Å². The fourth-order valence-electron chi connectivity index (χ4n) is 2.42. The Labute approximate surface area is 145 Å². The minimum atomic E-state index is -0.659. The SMILES string of the molecule is OC(COCc1ccccc1Cl)Cn1nccc1-c1ccncc1. The Kier molecular flexibility index (Phi) is 5.59. The maximum Gasteiger partial charge on any atom is 0.0969 e. The topological polar surface area (TPSA) is 60.2 Å².